The molecule has 0 spiro atoms. The number of nitrogens with zero attached hydrogens (tertiary/aromatic N) is 1. The lowest BCUT2D eigenvalue weighted by Crippen LogP contribution is -2.32. The third-order valence-electron chi connectivity index (χ3n) is 5.29. The van der Waals surface area contributed by atoms with Crippen LogP contribution in [0.2, 0.25) is 5.02 Å². The van der Waals surface area contributed by atoms with Crippen LogP contribution in [-0.2, 0) is 10.0 Å². The van der Waals surface area contributed by atoms with E-state index in [2.05, 4.69) is 5.32 Å². The average molecular weight is 444 g/mol. The summed E-state index contributed by atoms with van der Waals surface area (Å²) in [5.74, 6) is -0.145. The van der Waals surface area contributed by atoms with Crippen molar-refractivity contribution in [3.63, 3.8) is 0 Å². The van der Waals surface area contributed by atoms with Gasteiger partial charge in [0.05, 0.1) is 16.5 Å². The van der Waals surface area contributed by atoms with Crippen molar-refractivity contribution in [2.75, 3.05) is 27.7 Å². The smallest absolute Gasteiger partial charge is 0.255 e. The molecule has 8 heteroatoms. The number of amides is 1. The summed E-state index contributed by atoms with van der Waals surface area (Å²) in [5, 5.41) is 4.86. The molecule has 0 saturated carbocycles. The van der Waals surface area contributed by atoms with Gasteiger partial charge in [0.2, 0.25) is 10.0 Å². The molecule has 0 atom stereocenters. The molecule has 0 bridgehead atoms. The average Bonchev–Trinajstić information content (AvgIpc) is 2.90. The maximum absolute atomic E-state index is 12.8. The minimum atomic E-state index is -3.32. The molecule has 0 unspecified atom stereocenters. The molecular formula is C22H22ClN3O3S. The monoisotopic (exact) mass is 443 g/mol. The number of carbonyl (C=O) groups is 1. The lowest BCUT2D eigenvalue weighted by molar-refractivity contribution is 0.102. The fourth-order valence-corrected chi connectivity index (χ4v) is 5.64. The molecule has 0 radical (unpaired) electrons. The van der Waals surface area contributed by atoms with Gasteiger partial charge in [-0.3, -0.25) is 9.10 Å². The van der Waals surface area contributed by atoms with Gasteiger partial charge in [-0.2, -0.15) is 0 Å². The number of sulfonamides is 1. The Morgan fingerprint density at radius 2 is 1.77 bits per heavy atom. The first-order chi connectivity index (χ1) is 14.4. The van der Waals surface area contributed by atoms with E-state index in [0.29, 0.717) is 46.0 Å². The number of fused-ring (bicyclic) bond motifs is 1. The molecule has 6 nitrogen and oxygen atoms in total. The molecule has 1 fully saturated rings. The molecule has 0 aromatic heterocycles. The summed E-state index contributed by atoms with van der Waals surface area (Å²) < 4.78 is 26.4. The molecule has 1 amide bonds. The van der Waals surface area contributed by atoms with E-state index in [0.717, 1.165) is 18.2 Å². The highest BCUT2D eigenvalue weighted by Gasteiger charge is 2.24. The summed E-state index contributed by atoms with van der Waals surface area (Å²) in [6.07, 6.45) is 2.41. The molecular weight excluding hydrogens is 422 g/mol. The van der Waals surface area contributed by atoms with E-state index < -0.39 is 10.0 Å². The molecule has 3 aromatic rings. The first-order valence-corrected chi connectivity index (χ1v) is 11.7. The predicted octanol–water partition coefficient (Wildman–Crippen LogP) is 4.65. The second-order valence-corrected chi connectivity index (χ2v) is 9.73. The third kappa shape index (κ3) is 3.95. The van der Waals surface area contributed by atoms with Crippen LogP contribution in [0.3, 0.4) is 0 Å². The van der Waals surface area contributed by atoms with Crippen molar-refractivity contribution in [2.45, 2.75) is 19.3 Å². The van der Waals surface area contributed by atoms with Crippen LogP contribution < -0.4 is 15.4 Å². The van der Waals surface area contributed by atoms with Crippen LogP contribution >= 0.6 is 11.6 Å². The fraction of sp³-hybridized carbons (Fsp3) is 0.227. The Bertz CT molecular complexity index is 1200. The Labute approximate surface area is 180 Å². The number of hydrogen-bond donors (Lipinski definition) is 2. The number of halogens is 1. The number of nitrogens with two attached hydrogens (primary N) is 1. The topological polar surface area (TPSA) is 92.5 Å². The molecule has 3 N–H and O–H groups in total. The van der Waals surface area contributed by atoms with Gasteiger partial charge in [0.1, 0.15) is 0 Å². The Morgan fingerprint density at radius 3 is 2.53 bits per heavy atom. The second kappa shape index (κ2) is 8.16. The molecule has 3 aromatic carbocycles. The summed E-state index contributed by atoms with van der Waals surface area (Å²) in [5.41, 5.74) is 8.19. The summed E-state index contributed by atoms with van der Waals surface area (Å²) in [6, 6.07) is 15.5. The lowest BCUT2D eigenvalue weighted by Gasteiger charge is -2.22. The van der Waals surface area contributed by atoms with Crippen molar-refractivity contribution in [3.8, 4) is 0 Å². The van der Waals surface area contributed by atoms with E-state index >= 15 is 0 Å². The van der Waals surface area contributed by atoms with Gasteiger partial charge in [-0.15, -0.1) is 0 Å². The van der Waals surface area contributed by atoms with E-state index in [-0.39, 0.29) is 11.7 Å². The van der Waals surface area contributed by atoms with Gasteiger partial charge in [-0.05, 0) is 55.3 Å². The van der Waals surface area contributed by atoms with Gasteiger partial charge < -0.3 is 11.1 Å². The van der Waals surface area contributed by atoms with Crippen molar-refractivity contribution < 1.29 is 13.2 Å². The van der Waals surface area contributed by atoms with Crippen molar-refractivity contribution >= 4 is 55.4 Å². The number of nitrogens with one attached hydrogen (secondary N) is 1. The van der Waals surface area contributed by atoms with Gasteiger partial charge >= 0.3 is 0 Å². The highest BCUT2D eigenvalue weighted by Crippen LogP contribution is 2.34. The first kappa shape index (κ1) is 20.5. The number of anilines is 3. The summed E-state index contributed by atoms with van der Waals surface area (Å²) in [4.78, 5) is 12.8. The van der Waals surface area contributed by atoms with Gasteiger partial charge in [0.15, 0.2) is 0 Å². The molecule has 1 aliphatic heterocycles. The largest absolute Gasteiger partial charge is 0.398 e. The lowest BCUT2D eigenvalue weighted by atomic mass is 10.1. The zero-order valence-electron chi connectivity index (χ0n) is 16.3. The fourth-order valence-electron chi connectivity index (χ4n) is 3.73. The zero-order valence-corrected chi connectivity index (χ0v) is 17.8. The Balaban J connectivity index is 1.59. The van der Waals surface area contributed by atoms with E-state index in [1.54, 1.807) is 48.5 Å². The maximum Gasteiger partial charge on any atom is 0.255 e. The quantitative estimate of drug-likeness (QED) is 0.576. The number of benzene rings is 3. The van der Waals surface area contributed by atoms with E-state index in [4.69, 9.17) is 17.3 Å². The highest BCUT2D eigenvalue weighted by atomic mass is 35.5. The number of hydrogen-bond acceptors (Lipinski definition) is 4. The van der Waals surface area contributed by atoms with Crippen LogP contribution in [0.1, 0.15) is 29.6 Å². The van der Waals surface area contributed by atoms with E-state index in [9.17, 15) is 13.2 Å². The Kier molecular flexibility index (Phi) is 5.58. The normalized spacial score (nSPS) is 16.2. The Hall–Kier alpha value is -2.77. The zero-order chi connectivity index (χ0) is 21.3. The SMILES string of the molecule is Nc1cccc2c(NC(=O)c3ccc(N4CCCCCS4(=O)=O)cc3)ccc(Cl)c12. The molecule has 1 aliphatic rings. The molecule has 0 aliphatic carbocycles. The minimum absolute atomic E-state index is 0.155. The number of carbonyl (C=O) groups excluding carboxylic acids is 1. The second-order valence-electron chi connectivity index (χ2n) is 7.31. The predicted molar refractivity (Wildman–Crippen MR) is 123 cm³/mol. The summed E-state index contributed by atoms with van der Waals surface area (Å²) in [7, 11) is -3.32. The van der Waals surface area contributed by atoms with Crippen LogP contribution in [0, 0.1) is 0 Å². The summed E-state index contributed by atoms with van der Waals surface area (Å²) in [6.45, 7) is 0.464. The van der Waals surface area contributed by atoms with Crippen molar-refractivity contribution in [2.24, 2.45) is 0 Å². The van der Waals surface area contributed by atoms with Crippen molar-refractivity contribution in [1.29, 1.82) is 0 Å². The third-order valence-corrected chi connectivity index (χ3v) is 7.47. The molecule has 1 saturated heterocycles. The maximum atomic E-state index is 12.8. The highest BCUT2D eigenvalue weighted by molar-refractivity contribution is 7.92. The van der Waals surface area contributed by atoms with E-state index in [1.165, 1.54) is 4.31 Å². The van der Waals surface area contributed by atoms with E-state index in [1.807, 2.05) is 6.07 Å². The van der Waals surface area contributed by atoms with Crippen LogP contribution in [0.5, 0.6) is 0 Å². The van der Waals surface area contributed by atoms with Crippen molar-refractivity contribution in [3.05, 3.63) is 65.2 Å². The van der Waals surface area contributed by atoms with Crippen LogP contribution in [0.4, 0.5) is 17.1 Å². The molecule has 4 rings (SSSR count). The van der Waals surface area contributed by atoms with Gasteiger partial charge in [-0.25, -0.2) is 8.42 Å². The molecule has 30 heavy (non-hydrogen) atoms. The minimum Gasteiger partial charge on any atom is -0.398 e. The number of rotatable bonds is 3. The summed E-state index contributed by atoms with van der Waals surface area (Å²) >= 11 is 6.27. The van der Waals surface area contributed by atoms with Gasteiger partial charge in [0, 0.05) is 34.3 Å². The van der Waals surface area contributed by atoms with Crippen LogP contribution in [0.15, 0.2) is 54.6 Å². The standard InChI is InChI=1S/C22H22ClN3O3S/c23-18-11-12-20(17-5-4-6-19(24)21(17)18)25-22(27)15-7-9-16(10-8-15)26-13-2-1-3-14-30(26,28)29/h4-12H,1-3,13-14,24H2,(H,25,27). The Morgan fingerprint density at radius 1 is 1.00 bits per heavy atom. The van der Waals surface area contributed by atoms with Gasteiger partial charge in [0.25, 0.3) is 5.91 Å². The van der Waals surface area contributed by atoms with Crippen LogP contribution in [0.25, 0.3) is 10.8 Å². The van der Waals surface area contributed by atoms with Gasteiger partial charge in [-0.1, -0.05) is 30.2 Å². The van der Waals surface area contributed by atoms with Crippen molar-refractivity contribution in [1.82, 2.24) is 0 Å². The molecule has 1 heterocycles. The number of nitrogen functional groups attached to an aromatic ring is 1. The first-order valence-electron chi connectivity index (χ1n) is 9.75. The van der Waals surface area contributed by atoms with Crippen LogP contribution in [-0.4, -0.2) is 26.6 Å². The molecule has 156 valence electrons.